The molecule has 2 N–H and O–H groups in total. The second-order valence-corrected chi connectivity index (χ2v) is 4.45. The van der Waals surface area contributed by atoms with E-state index in [9.17, 15) is 14.0 Å². The summed E-state index contributed by atoms with van der Waals surface area (Å²) in [5.41, 5.74) is 0.124. The van der Waals surface area contributed by atoms with Gasteiger partial charge >= 0.3 is 12.0 Å². The maximum Gasteiger partial charge on any atom is 0.323 e. The normalized spacial score (nSPS) is 9.70. The van der Waals surface area contributed by atoms with E-state index in [-0.39, 0.29) is 22.3 Å². The number of halogens is 3. The molecule has 0 spiro atoms. The lowest BCUT2D eigenvalue weighted by molar-refractivity contribution is -0.137. The fourth-order valence-corrected chi connectivity index (χ4v) is 1.79. The van der Waals surface area contributed by atoms with Crippen molar-refractivity contribution in [3.8, 4) is 12.3 Å². The molecule has 0 aliphatic carbocycles. The summed E-state index contributed by atoms with van der Waals surface area (Å²) in [6, 6.07) is 1.54. The number of terminal acetylenes is 1. The van der Waals surface area contributed by atoms with Crippen molar-refractivity contribution in [2.75, 3.05) is 18.4 Å². The van der Waals surface area contributed by atoms with E-state index in [2.05, 4.69) is 11.2 Å². The Balaban J connectivity index is 2.88. The number of nitrogens with zero attached hydrogens (tertiary/aromatic N) is 1. The highest BCUT2D eigenvalue weighted by molar-refractivity contribution is 6.35. The van der Waals surface area contributed by atoms with Crippen molar-refractivity contribution in [3.63, 3.8) is 0 Å². The fourth-order valence-electron chi connectivity index (χ4n) is 1.30. The molecule has 0 fully saturated rings. The number of anilines is 1. The smallest absolute Gasteiger partial charge is 0.323 e. The topological polar surface area (TPSA) is 69.6 Å². The van der Waals surface area contributed by atoms with Crippen molar-refractivity contribution in [2.45, 2.75) is 0 Å². The summed E-state index contributed by atoms with van der Waals surface area (Å²) in [7, 11) is 0. The molecular formula is C12H9Cl2FN2O3. The third kappa shape index (κ3) is 4.30. The number of carbonyl (C=O) groups is 2. The minimum absolute atomic E-state index is 0.124. The van der Waals surface area contributed by atoms with Crippen LogP contribution >= 0.6 is 23.2 Å². The van der Waals surface area contributed by atoms with Crippen molar-refractivity contribution in [1.29, 1.82) is 0 Å². The predicted octanol–water partition coefficient (Wildman–Crippen LogP) is 2.68. The number of amides is 2. The molecule has 0 aliphatic rings. The van der Waals surface area contributed by atoms with E-state index < -0.39 is 24.4 Å². The molecule has 106 valence electrons. The molecule has 0 aliphatic heterocycles. The molecule has 0 bridgehead atoms. The quantitative estimate of drug-likeness (QED) is 0.662. The Kier molecular flexibility index (Phi) is 5.62. The van der Waals surface area contributed by atoms with Crippen LogP contribution in [0.2, 0.25) is 10.0 Å². The highest BCUT2D eigenvalue weighted by Crippen LogP contribution is 2.27. The van der Waals surface area contributed by atoms with Gasteiger partial charge in [0.1, 0.15) is 6.54 Å². The van der Waals surface area contributed by atoms with Crippen molar-refractivity contribution >= 4 is 40.9 Å². The Bertz CT molecular complexity index is 564. The number of benzene rings is 1. The van der Waals surface area contributed by atoms with Gasteiger partial charge in [-0.3, -0.25) is 4.79 Å². The zero-order valence-corrected chi connectivity index (χ0v) is 11.5. The monoisotopic (exact) mass is 318 g/mol. The molecule has 0 saturated heterocycles. The summed E-state index contributed by atoms with van der Waals surface area (Å²) in [6.07, 6.45) is 5.05. The summed E-state index contributed by atoms with van der Waals surface area (Å²) >= 11 is 11.2. The second kappa shape index (κ2) is 6.98. The maximum absolute atomic E-state index is 13.2. The molecule has 0 radical (unpaired) electrons. The average molecular weight is 319 g/mol. The number of hydrogen-bond acceptors (Lipinski definition) is 2. The van der Waals surface area contributed by atoms with E-state index in [0.29, 0.717) is 0 Å². The van der Waals surface area contributed by atoms with Crippen LogP contribution in [0.15, 0.2) is 12.1 Å². The zero-order chi connectivity index (χ0) is 15.3. The van der Waals surface area contributed by atoms with E-state index in [4.69, 9.17) is 34.7 Å². The molecule has 2 amide bonds. The molecule has 0 unspecified atom stereocenters. The Hall–Kier alpha value is -1.97. The lowest BCUT2D eigenvalue weighted by Crippen LogP contribution is -2.39. The van der Waals surface area contributed by atoms with Crippen LogP contribution in [0.1, 0.15) is 0 Å². The van der Waals surface area contributed by atoms with Gasteiger partial charge in [0.05, 0.1) is 16.6 Å². The van der Waals surface area contributed by atoms with Gasteiger partial charge in [-0.15, -0.1) is 6.42 Å². The lowest BCUT2D eigenvalue weighted by Gasteiger charge is -2.18. The molecule has 1 aromatic rings. The van der Waals surface area contributed by atoms with E-state index in [1.165, 1.54) is 0 Å². The van der Waals surface area contributed by atoms with Crippen LogP contribution < -0.4 is 5.32 Å². The van der Waals surface area contributed by atoms with Crippen LogP contribution in [0.3, 0.4) is 0 Å². The number of urea groups is 1. The molecule has 8 heteroatoms. The number of carbonyl (C=O) groups excluding carboxylic acids is 1. The Morgan fingerprint density at radius 1 is 1.40 bits per heavy atom. The third-order valence-electron chi connectivity index (χ3n) is 2.13. The van der Waals surface area contributed by atoms with Gasteiger partial charge in [-0.25, -0.2) is 9.18 Å². The minimum atomic E-state index is -1.22. The van der Waals surface area contributed by atoms with E-state index >= 15 is 0 Å². The summed E-state index contributed by atoms with van der Waals surface area (Å²) in [4.78, 5) is 23.3. The van der Waals surface area contributed by atoms with Crippen molar-refractivity contribution < 1.29 is 19.1 Å². The number of nitrogens with one attached hydrogen (secondary N) is 1. The van der Waals surface area contributed by atoms with E-state index in [1.54, 1.807) is 0 Å². The minimum Gasteiger partial charge on any atom is -0.480 e. The number of carboxylic acid groups (broad SMARTS) is 1. The van der Waals surface area contributed by atoms with Gasteiger partial charge in [-0.1, -0.05) is 29.1 Å². The van der Waals surface area contributed by atoms with Gasteiger partial charge in [0.25, 0.3) is 0 Å². The molecule has 0 saturated carbocycles. The first-order valence-corrected chi connectivity index (χ1v) is 5.96. The standard InChI is InChI=1S/C12H9Cl2FN2O3/c1-2-3-17(6-10(18)19)12(20)16-7-4-8(13)11(15)9(14)5-7/h1,4-5H,3,6H2,(H,16,20)(H,18,19). The summed E-state index contributed by atoms with van der Waals surface area (Å²) in [5.74, 6) is 0.136. The van der Waals surface area contributed by atoms with Crippen LogP contribution in [-0.2, 0) is 4.79 Å². The van der Waals surface area contributed by atoms with Crippen LogP contribution in [0.25, 0.3) is 0 Å². The zero-order valence-electron chi connectivity index (χ0n) is 9.99. The van der Waals surface area contributed by atoms with Gasteiger partial charge < -0.3 is 15.3 Å². The van der Waals surface area contributed by atoms with Crippen molar-refractivity contribution in [2.24, 2.45) is 0 Å². The number of carboxylic acids is 1. The fraction of sp³-hybridized carbons (Fsp3) is 0.167. The molecule has 0 atom stereocenters. The molecule has 0 heterocycles. The van der Waals surface area contributed by atoms with Crippen LogP contribution in [0.5, 0.6) is 0 Å². The number of hydrogen-bond donors (Lipinski definition) is 2. The van der Waals surface area contributed by atoms with Crippen LogP contribution in [0, 0.1) is 18.2 Å². The Morgan fingerprint density at radius 2 is 1.95 bits per heavy atom. The van der Waals surface area contributed by atoms with Gasteiger partial charge in [0, 0.05) is 5.69 Å². The second-order valence-electron chi connectivity index (χ2n) is 3.64. The van der Waals surface area contributed by atoms with Gasteiger partial charge in [0.15, 0.2) is 5.82 Å². The first-order chi connectivity index (χ1) is 9.35. The lowest BCUT2D eigenvalue weighted by atomic mass is 10.3. The molecule has 20 heavy (non-hydrogen) atoms. The first-order valence-electron chi connectivity index (χ1n) is 5.21. The molecule has 0 aromatic heterocycles. The largest absolute Gasteiger partial charge is 0.480 e. The maximum atomic E-state index is 13.2. The SMILES string of the molecule is C#CCN(CC(=O)O)C(=O)Nc1cc(Cl)c(F)c(Cl)c1. The summed E-state index contributed by atoms with van der Waals surface area (Å²) in [5, 5.41) is 10.5. The van der Waals surface area contributed by atoms with Crippen molar-refractivity contribution in [1.82, 2.24) is 4.90 Å². The molecule has 1 rings (SSSR count). The van der Waals surface area contributed by atoms with Gasteiger partial charge in [0.2, 0.25) is 0 Å². The van der Waals surface area contributed by atoms with Crippen LogP contribution in [0.4, 0.5) is 14.9 Å². The highest BCUT2D eigenvalue weighted by atomic mass is 35.5. The number of aliphatic carboxylic acids is 1. The Labute approximate surface area is 124 Å². The molecule has 1 aromatic carbocycles. The molecule has 5 nitrogen and oxygen atoms in total. The van der Waals surface area contributed by atoms with Crippen molar-refractivity contribution in [3.05, 3.63) is 28.0 Å². The summed E-state index contributed by atoms with van der Waals surface area (Å²) in [6.45, 7) is -0.764. The van der Waals surface area contributed by atoms with Crippen LogP contribution in [-0.4, -0.2) is 35.1 Å². The Morgan fingerprint density at radius 3 is 2.40 bits per heavy atom. The van der Waals surface area contributed by atoms with Gasteiger partial charge in [-0.05, 0) is 12.1 Å². The molecular weight excluding hydrogens is 310 g/mol. The highest BCUT2D eigenvalue weighted by Gasteiger charge is 2.17. The first kappa shape index (κ1) is 16.1. The summed E-state index contributed by atoms with van der Waals surface area (Å²) < 4.78 is 13.2. The van der Waals surface area contributed by atoms with E-state index in [1.807, 2.05) is 0 Å². The average Bonchev–Trinajstić information content (AvgIpc) is 2.34. The predicted molar refractivity (Wildman–Crippen MR) is 73.5 cm³/mol. The third-order valence-corrected chi connectivity index (χ3v) is 2.68. The number of rotatable bonds is 4. The van der Waals surface area contributed by atoms with Gasteiger partial charge in [-0.2, -0.15) is 0 Å². The van der Waals surface area contributed by atoms with E-state index in [0.717, 1.165) is 17.0 Å².